The summed E-state index contributed by atoms with van der Waals surface area (Å²) in [6, 6.07) is 0. The van der Waals surface area contributed by atoms with E-state index in [9.17, 15) is 0 Å². The number of hydrogen-bond acceptors (Lipinski definition) is 2. The number of allylic oxidation sites excluding steroid dienone is 2. The minimum Gasteiger partial charge on any atom is -0.497 e. The van der Waals surface area contributed by atoms with Crippen LogP contribution in [-0.2, 0) is 9.47 Å². The summed E-state index contributed by atoms with van der Waals surface area (Å²) in [6.45, 7) is 5.03. The summed E-state index contributed by atoms with van der Waals surface area (Å²) in [7, 11) is 0. The van der Waals surface area contributed by atoms with Gasteiger partial charge in [-0.15, -0.1) is 0 Å². The van der Waals surface area contributed by atoms with E-state index in [1.807, 2.05) is 38.2 Å². The Bertz CT molecular complexity index is 139. The van der Waals surface area contributed by atoms with Gasteiger partial charge in [0.15, 0.2) is 0 Å². The predicted octanol–water partition coefficient (Wildman–Crippen LogP) is 2.64. The molecule has 2 heteroatoms. The molecule has 0 aliphatic carbocycles. The molecule has 0 aromatic carbocycles. The fourth-order valence-corrected chi connectivity index (χ4v) is 0.551. The van der Waals surface area contributed by atoms with E-state index in [4.69, 9.17) is 9.47 Å². The first-order chi connectivity index (χ1) is 5.91. The predicted molar refractivity (Wildman–Crippen MR) is 50.7 cm³/mol. The molecule has 2 nitrogen and oxygen atoms in total. The Morgan fingerprint density at radius 2 is 1.25 bits per heavy atom. The largest absolute Gasteiger partial charge is 0.497 e. The standard InChI is InChI=1S/C10H16O2/c1-3-7-11-9-5-6-10-12-8-4-2/h3-8H,9-10H2,1-2H3/b6-5+,7-3+,8-4+. The third-order valence-corrected chi connectivity index (χ3v) is 1.02. The van der Waals surface area contributed by atoms with Crippen LogP contribution in [0.5, 0.6) is 0 Å². The van der Waals surface area contributed by atoms with Gasteiger partial charge in [0.2, 0.25) is 0 Å². The lowest BCUT2D eigenvalue weighted by atomic mass is 10.5. The maximum Gasteiger partial charge on any atom is 0.106 e. The SMILES string of the molecule is C/C=C/OC/C=C/CO/C=C/C. The van der Waals surface area contributed by atoms with Crippen LogP contribution in [0.15, 0.2) is 36.8 Å². The fraction of sp³-hybridized carbons (Fsp3) is 0.400. The zero-order valence-electron chi connectivity index (χ0n) is 7.69. The Labute approximate surface area is 74.2 Å². The summed E-state index contributed by atoms with van der Waals surface area (Å²) in [5.74, 6) is 0. The Hall–Kier alpha value is -1.18. The Morgan fingerprint density at radius 1 is 0.833 bits per heavy atom. The van der Waals surface area contributed by atoms with Crippen LogP contribution in [0.1, 0.15) is 13.8 Å². The first-order valence-corrected chi connectivity index (χ1v) is 4.02. The number of hydrogen-bond donors (Lipinski definition) is 0. The lowest BCUT2D eigenvalue weighted by molar-refractivity contribution is 0.278. The van der Waals surface area contributed by atoms with Crippen molar-refractivity contribution in [3.8, 4) is 0 Å². The number of rotatable bonds is 6. The van der Waals surface area contributed by atoms with Crippen LogP contribution in [-0.4, -0.2) is 13.2 Å². The van der Waals surface area contributed by atoms with Gasteiger partial charge in [-0.1, -0.05) is 12.2 Å². The topological polar surface area (TPSA) is 18.5 Å². The van der Waals surface area contributed by atoms with E-state index in [1.54, 1.807) is 12.5 Å². The van der Waals surface area contributed by atoms with Gasteiger partial charge < -0.3 is 9.47 Å². The summed E-state index contributed by atoms with van der Waals surface area (Å²) in [5, 5.41) is 0. The molecule has 0 rings (SSSR count). The smallest absolute Gasteiger partial charge is 0.106 e. The fourth-order valence-electron chi connectivity index (χ4n) is 0.551. The van der Waals surface area contributed by atoms with Crippen LogP contribution in [0.2, 0.25) is 0 Å². The highest BCUT2D eigenvalue weighted by molar-refractivity contribution is 4.83. The molecule has 0 atom stereocenters. The van der Waals surface area contributed by atoms with Crippen LogP contribution in [0, 0.1) is 0 Å². The van der Waals surface area contributed by atoms with Crippen LogP contribution >= 0.6 is 0 Å². The maximum atomic E-state index is 5.05. The molecule has 12 heavy (non-hydrogen) atoms. The van der Waals surface area contributed by atoms with Gasteiger partial charge in [-0.3, -0.25) is 0 Å². The summed E-state index contributed by atoms with van der Waals surface area (Å²) in [6.07, 6.45) is 10.9. The minimum atomic E-state index is 0.601. The zero-order valence-corrected chi connectivity index (χ0v) is 7.69. The average molecular weight is 168 g/mol. The van der Waals surface area contributed by atoms with E-state index >= 15 is 0 Å². The lowest BCUT2D eigenvalue weighted by Gasteiger charge is -1.94. The third-order valence-electron chi connectivity index (χ3n) is 1.02. The highest BCUT2D eigenvalue weighted by Gasteiger charge is 1.74. The third kappa shape index (κ3) is 8.82. The Kier molecular flexibility index (Phi) is 8.85. The first kappa shape index (κ1) is 10.8. The molecule has 0 aliphatic heterocycles. The van der Waals surface area contributed by atoms with E-state index in [0.29, 0.717) is 13.2 Å². The van der Waals surface area contributed by atoms with Crippen molar-refractivity contribution in [3.63, 3.8) is 0 Å². The van der Waals surface area contributed by atoms with Gasteiger partial charge in [0, 0.05) is 0 Å². The Morgan fingerprint density at radius 3 is 1.58 bits per heavy atom. The molecule has 0 heterocycles. The quantitative estimate of drug-likeness (QED) is 0.345. The summed E-state index contributed by atoms with van der Waals surface area (Å²) >= 11 is 0. The highest BCUT2D eigenvalue weighted by atomic mass is 16.5. The molecule has 0 fully saturated rings. The van der Waals surface area contributed by atoms with Crippen LogP contribution in [0.3, 0.4) is 0 Å². The van der Waals surface area contributed by atoms with Crippen LogP contribution in [0.4, 0.5) is 0 Å². The van der Waals surface area contributed by atoms with E-state index in [2.05, 4.69) is 0 Å². The van der Waals surface area contributed by atoms with E-state index in [0.717, 1.165) is 0 Å². The van der Waals surface area contributed by atoms with Crippen LogP contribution < -0.4 is 0 Å². The monoisotopic (exact) mass is 168 g/mol. The van der Waals surface area contributed by atoms with Crippen molar-refractivity contribution in [3.05, 3.63) is 36.8 Å². The normalized spacial score (nSPS) is 11.8. The zero-order chi connectivity index (χ0) is 9.07. The number of ether oxygens (including phenoxy) is 2. The summed E-state index contributed by atoms with van der Waals surface area (Å²) < 4.78 is 10.1. The van der Waals surface area contributed by atoms with Crippen molar-refractivity contribution in [1.29, 1.82) is 0 Å². The average Bonchev–Trinajstić information content (AvgIpc) is 2.10. The minimum absolute atomic E-state index is 0.601. The summed E-state index contributed by atoms with van der Waals surface area (Å²) in [4.78, 5) is 0. The molecule has 0 bridgehead atoms. The van der Waals surface area contributed by atoms with Gasteiger partial charge in [0.1, 0.15) is 13.2 Å². The van der Waals surface area contributed by atoms with Gasteiger partial charge >= 0.3 is 0 Å². The molecule has 0 saturated heterocycles. The molecule has 0 saturated carbocycles. The van der Waals surface area contributed by atoms with Gasteiger partial charge in [0.25, 0.3) is 0 Å². The van der Waals surface area contributed by atoms with E-state index in [1.165, 1.54) is 0 Å². The molecular weight excluding hydrogens is 152 g/mol. The molecule has 0 unspecified atom stereocenters. The maximum absolute atomic E-state index is 5.05. The second-order valence-corrected chi connectivity index (χ2v) is 2.08. The molecule has 0 aromatic rings. The first-order valence-electron chi connectivity index (χ1n) is 4.02. The van der Waals surface area contributed by atoms with Gasteiger partial charge in [-0.2, -0.15) is 0 Å². The molecule has 0 amide bonds. The molecule has 0 radical (unpaired) electrons. The summed E-state index contributed by atoms with van der Waals surface area (Å²) in [5.41, 5.74) is 0. The van der Waals surface area contributed by atoms with E-state index < -0.39 is 0 Å². The van der Waals surface area contributed by atoms with Gasteiger partial charge in [-0.05, 0) is 26.0 Å². The molecule has 0 aromatic heterocycles. The molecular formula is C10H16O2. The highest BCUT2D eigenvalue weighted by Crippen LogP contribution is 1.82. The molecule has 68 valence electrons. The van der Waals surface area contributed by atoms with Crippen molar-refractivity contribution in [2.45, 2.75) is 13.8 Å². The lowest BCUT2D eigenvalue weighted by Crippen LogP contribution is -1.84. The van der Waals surface area contributed by atoms with Crippen molar-refractivity contribution in [2.24, 2.45) is 0 Å². The van der Waals surface area contributed by atoms with E-state index in [-0.39, 0.29) is 0 Å². The molecule has 0 N–H and O–H groups in total. The van der Waals surface area contributed by atoms with Crippen molar-refractivity contribution in [1.82, 2.24) is 0 Å². The second kappa shape index (κ2) is 9.82. The van der Waals surface area contributed by atoms with Crippen molar-refractivity contribution >= 4 is 0 Å². The Balaban J connectivity index is 3.14. The second-order valence-electron chi connectivity index (χ2n) is 2.08. The van der Waals surface area contributed by atoms with Crippen molar-refractivity contribution < 1.29 is 9.47 Å². The van der Waals surface area contributed by atoms with Gasteiger partial charge in [-0.25, -0.2) is 0 Å². The van der Waals surface area contributed by atoms with Crippen LogP contribution in [0.25, 0.3) is 0 Å². The van der Waals surface area contributed by atoms with Gasteiger partial charge in [0.05, 0.1) is 12.5 Å². The molecule has 0 aliphatic rings. The van der Waals surface area contributed by atoms with Crippen molar-refractivity contribution in [2.75, 3.05) is 13.2 Å². The molecule has 0 spiro atoms.